The highest BCUT2D eigenvalue weighted by Crippen LogP contribution is 2.52. The highest BCUT2D eigenvalue weighted by Gasteiger charge is 2.33. The van der Waals surface area contributed by atoms with E-state index in [-0.39, 0.29) is 19.1 Å². The molecule has 128 valence electrons. The molecular weight excluding hydrogens is 291 g/mol. The fourth-order valence-corrected chi connectivity index (χ4v) is 3.73. The highest BCUT2D eigenvalue weighted by atomic mass is 31.2. The molecule has 0 aliphatic heterocycles. The van der Waals surface area contributed by atoms with Crippen LogP contribution in [0.1, 0.15) is 48.5 Å². The van der Waals surface area contributed by atoms with Crippen LogP contribution in [0.15, 0.2) is 0 Å². The Labute approximate surface area is 130 Å². The minimum absolute atomic E-state index is 0.285. The van der Waals surface area contributed by atoms with Gasteiger partial charge in [0.05, 0.1) is 6.61 Å². The SMILES string of the molecule is CCOP(=O)(OC(C)N(CC)CC)OC(C)N(CC)CC. The second kappa shape index (κ2) is 10.7. The van der Waals surface area contributed by atoms with E-state index >= 15 is 0 Å². The van der Waals surface area contributed by atoms with Crippen LogP contribution in [0.4, 0.5) is 0 Å². The maximum absolute atomic E-state index is 12.8. The summed E-state index contributed by atoms with van der Waals surface area (Å²) in [7, 11) is -3.58. The second-order valence-electron chi connectivity index (χ2n) is 4.72. The molecule has 0 rings (SSSR count). The molecule has 7 heteroatoms. The topological polar surface area (TPSA) is 51.2 Å². The normalized spacial score (nSPS) is 18.0. The first-order valence-electron chi connectivity index (χ1n) is 7.96. The molecule has 6 nitrogen and oxygen atoms in total. The summed E-state index contributed by atoms with van der Waals surface area (Å²) in [5.74, 6) is 0. The van der Waals surface area contributed by atoms with Gasteiger partial charge in [-0.25, -0.2) is 4.57 Å². The number of hydrogen-bond acceptors (Lipinski definition) is 6. The summed E-state index contributed by atoms with van der Waals surface area (Å²) >= 11 is 0. The van der Waals surface area contributed by atoms with Gasteiger partial charge in [0, 0.05) is 0 Å². The van der Waals surface area contributed by atoms with Crippen LogP contribution in [0.2, 0.25) is 0 Å². The van der Waals surface area contributed by atoms with Gasteiger partial charge in [-0.15, -0.1) is 0 Å². The molecule has 0 aromatic heterocycles. The largest absolute Gasteiger partial charge is 0.477 e. The third-order valence-corrected chi connectivity index (χ3v) is 5.20. The van der Waals surface area contributed by atoms with E-state index < -0.39 is 7.82 Å². The Morgan fingerprint density at radius 3 is 1.38 bits per heavy atom. The summed E-state index contributed by atoms with van der Waals surface area (Å²) in [4.78, 5) is 4.11. The van der Waals surface area contributed by atoms with Gasteiger partial charge in [-0.1, -0.05) is 27.7 Å². The third-order valence-electron chi connectivity index (χ3n) is 3.50. The van der Waals surface area contributed by atoms with Gasteiger partial charge in [0.2, 0.25) is 0 Å². The minimum Gasteiger partial charge on any atom is -0.287 e. The van der Waals surface area contributed by atoms with Crippen molar-refractivity contribution in [3.05, 3.63) is 0 Å². The van der Waals surface area contributed by atoms with Gasteiger partial charge in [-0.3, -0.25) is 23.4 Å². The van der Waals surface area contributed by atoms with Crippen molar-refractivity contribution in [2.24, 2.45) is 0 Å². The highest BCUT2D eigenvalue weighted by molar-refractivity contribution is 7.48. The molecule has 2 atom stereocenters. The average Bonchev–Trinajstić information content (AvgIpc) is 2.41. The Kier molecular flexibility index (Phi) is 10.7. The Morgan fingerprint density at radius 2 is 1.14 bits per heavy atom. The molecule has 0 bridgehead atoms. The molecule has 0 spiro atoms. The predicted molar refractivity (Wildman–Crippen MR) is 86.2 cm³/mol. The molecule has 2 unspecified atom stereocenters. The van der Waals surface area contributed by atoms with Crippen LogP contribution in [0.5, 0.6) is 0 Å². The predicted octanol–water partition coefficient (Wildman–Crippen LogP) is 3.54. The first-order chi connectivity index (χ1) is 9.87. The lowest BCUT2D eigenvalue weighted by atomic mass is 10.5. The van der Waals surface area contributed by atoms with Crippen LogP contribution in [-0.4, -0.2) is 55.0 Å². The van der Waals surface area contributed by atoms with Gasteiger partial charge in [-0.05, 0) is 47.0 Å². The van der Waals surface area contributed by atoms with Crippen molar-refractivity contribution in [1.29, 1.82) is 0 Å². The van der Waals surface area contributed by atoms with E-state index in [4.69, 9.17) is 13.6 Å². The molecule has 0 saturated heterocycles. The van der Waals surface area contributed by atoms with Crippen LogP contribution in [0.25, 0.3) is 0 Å². The Morgan fingerprint density at radius 1 is 0.810 bits per heavy atom. The average molecular weight is 324 g/mol. The van der Waals surface area contributed by atoms with E-state index in [0.29, 0.717) is 0 Å². The Balaban J connectivity index is 4.86. The molecule has 0 heterocycles. The number of phosphoric acid groups is 1. The van der Waals surface area contributed by atoms with E-state index in [1.807, 2.05) is 41.5 Å². The van der Waals surface area contributed by atoms with Crippen LogP contribution in [-0.2, 0) is 18.1 Å². The Hall–Kier alpha value is 0.0300. The molecule has 0 amide bonds. The van der Waals surface area contributed by atoms with E-state index in [1.165, 1.54) is 0 Å². The summed E-state index contributed by atoms with van der Waals surface area (Å²) in [5, 5.41) is 0. The number of rotatable bonds is 12. The molecule has 21 heavy (non-hydrogen) atoms. The minimum atomic E-state index is -3.58. The molecular formula is C14H33N2O4P. The molecule has 0 aromatic carbocycles. The zero-order valence-electron chi connectivity index (χ0n) is 14.7. The van der Waals surface area contributed by atoms with Gasteiger partial charge in [-0.2, -0.15) is 0 Å². The summed E-state index contributed by atoms with van der Waals surface area (Å²) < 4.78 is 29.4. The van der Waals surface area contributed by atoms with Gasteiger partial charge < -0.3 is 0 Å². The maximum atomic E-state index is 12.8. The standard InChI is InChI=1S/C14H33N2O4P/c1-8-15(9-2)13(6)19-21(17,18-12-5)20-14(7)16(10-3)11-4/h13-14H,8-12H2,1-7H3. The smallest absolute Gasteiger partial charge is 0.287 e. The zero-order chi connectivity index (χ0) is 16.5. The number of phosphoric ester groups is 1. The molecule has 0 radical (unpaired) electrons. The summed E-state index contributed by atoms with van der Waals surface area (Å²) in [6.07, 6.45) is -0.637. The summed E-state index contributed by atoms with van der Waals surface area (Å²) in [6.45, 7) is 17.2. The monoisotopic (exact) mass is 324 g/mol. The fraction of sp³-hybridized carbons (Fsp3) is 1.00. The van der Waals surface area contributed by atoms with E-state index in [0.717, 1.165) is 26.2 Å². The molecule has 0 N–H and O–H groups in total. The first-order valence-corrected chi connectivity index (χ1v) is 9.42. The molecule has 0 fully saturated rings. The van der Waals surface area contributed by atoms with Crippen molar-refractivity contribution < 1.29 is 18.1 Å². The van der Waals surface area contributed by atoms with E-state index in [1.54, 1.807) is 6.92 Å². The van der Waals surface area contributed by atoms with Crippen LogP contribution in [0, 0.1) is 0 Å². The lowest BCUT2D eigenvalue weighted by Gasteiger charge is -2.32. The second-order valence-corrected chi connectivity index (χ2v) is 6.29. The van der Waals surface area contributed by atoms with Crippen molar-refractivity contribution in [2.75, 3.05) is 32.8 Å². The van der Waals surface area contributed by atoms with E-state index in [9.17, 15) is 4.57 Å². The quantitative estimate of drug-likeness (QED) is 0.404. The summed E-state index contributed by atoms with van der Waals surface area (Å²) in [5.41, 5.74) is 0. The fourth-order valence-electron chi connectivity index (χ4n) is 2.23. The van der Waals surface area contributed by atoms with Crippen molar-refractivity contribution in [3.63, 3.8) is 0 Å². The lowest BCUT2D eigenvalue weighted by Crippen LogP contribution is -2.37. The lowest BCUT2D eigenvalue weighted by molar-refractivity contribution is -0.0343. The van der Waals surface area contributed by atoms with Crippen molar-refractivity contribution in [2.45, 2.75) is 60.9 Å². The molecule has 0 aliphatic rings. The van der Waals surface area contributed by atoms with Gasteiger partial charge in [0.1, 0.15) is 12.5 Å². The number of nitrogens with zero attached hydrogens (tertiary/aromatic N) is 2. The molecule has 0 aromatic rings. The van der Waals surface area contributed by atoms with Gasteiger partial charge >= 0.3 is 7.82 Å². The number of hydrogen-bond donors (Lipinski definition) is 0. The Bertz CT molecular complexity index is 285. The molecule has 0 saturated carbocycles. The van der Waals surface area contributed by atoms with Gasteiger partial charge in [0.15, 0.2) is 0 Å². The third kappa shape index (κ3) is 7.22. The summed E-state index contributed by atoms with van der Waals surface area (Å²) in [6, 6.07) is 0. The maximum Gasteiger partial charge on any atom is 0.477 e. The van der Waals surface area contributed by atoms with E-state index in [2.05, 4.69) is 9.80 Å². The molecule has 0 aliphatic carbocycles. The van der Waals surface area contributed by atoms with Crippen molar-refractivity contribution >= 4 is 7.82 Å². The van der Waals surface area contributed by atoms with Crippen molar-refractivity contribution in [3.8, 4) is 0 Å². The van der Waals surface area contributed by atoms with Crippen molar-refractivity contribution in [1.82, 2.24) is 9.80 Å². The van der Waals surface area contributed by atoms with Crippen LogP contribution in [0.3, 0.4) is 0 Å². The zero-order valence-corrected chi connectivity index (χ0v) is 15.6. The first kappa shape index (κ1) is 21.0. The van der Waals surface area contributed by atoms with Crippen LogP contribution < -0.4 is 0 Å². The van der Waals surface area contributed by atoms with Gasteiger partial charge in [0.25, 0.3) is 0 Å². The van der Waals surface area contributed by atoms with Crippen LogP contribution >= 0.6 is 7.82 Å².